The minimum atomic E-state index is -0.815. The van der Waals surface area contributed by atoms with E-state index in [0.29, 0.717) is 13.0 Å². The Kier molecular flexibility index (Phi) is 2.71. The summed E-state index contributed by atoms with van der Waals surface area (Å²) in [6, 6.07) is 0. The Morgan fingerprint density at radius 2 is 2.15 bits per heavy atom. The number of hydrogen-bond donors (Lipinski definition) is 0. The van der Waals surface area contributed by atoms with E-state index in [-0.39, 0.29) is 18.2 Å². The fourth-order valence-corrected chi connectivity index (χ4v) is 1.27. The van der Waals surface area contributed by atoms with Gasteiger partial charge in [-0.3, -0.25) is 9.59 Å². The molecule has 0 unspecified atom stereocenters. The molecule has 4 nitrogen and oxygen atoms in total. The number of nitrogens with zero attached hydrogens (tertiary/aromatic N) is 1. The van der Waals surface area contributed by atoms with Gasteiger partial charge in [-0.15, -0.1) is 0 Å². The average molecular weight is 185 g/mol. The molecular formula is C9H15NO3. The van der Waals surface area contributed by atoms with Crippen molar-refractivity contribution in [1.82, 2.24) is 4.90 Å². The number of ketones is 1. The summed E-state index contributed by atoms with van der Waals surface area (Å²) in [4.78, 5) is 24.2. The van der Waals surface area contributed by atoms with Crippen molar-refractivity contribution >= 4 is 11.7 Å². The zero-order valence-electron chi connectivity index (χ0n) is 8.29. The lowest BCUT2D eigenvalue weighted by Crippen LogP contribution is -2.45. The summed E-state index contributed by atoms with van der Waals surface area (Å²) in [5, 5.41) is 0. The molecule has 0 aromatic carbocycles. The van der Waals surface area contributed by atoms with E-state index in [1.807, 2.05) is 0 Å². The van der Waals surface area contributed by atoms with Crippen LogP contribution in [0.4, 0.5) is 0 Å². The number of rotatable bonds is 2. The van der Waals surface area contributed by atoms with Gasteiger partial charge in [0.1, 0.15) is 5.60 Å². The molecule has 0 N–H and O–H groups in total. The molecule has 1 aliphatic heterocycles. The Labute approximate surface area is 77.8 Å². The van der Waals surface area contributed by atoms with Gasteiger partial charge in [-0.1, -0.05) is 0 Å². The van der Waals surface area contributed by atoms with Crippen LogP contribution in [0.25, 0.3) is 0 Å². The van der Waals surface area contributed by atoms with E-state index < -0.39 is 5.60 Å². The fraction of sp³-hybridized carbons (Fsp3) is 0.778. The van der Waals surface area contributed by atoms with E-state index >= 15 is 0 Å². The fourth-order valence-electron chi connectivity index (χ4n) is 1.27. The second kappa shape index (κ2) is 3.46. The number of carbonyl (C=O) groups is 2. The topological polar surface area (TPSA) is 46.6 Å². The third-order valence-electron chi connectivity index (χ3n) is 2.34. The molecule has 1 fully saturated rings. The first-order valence-electron chi connectivity index (χ1n) is 4.33. The minimum absolute atomic E-state index is 0.110. The largest absolute Gasteiger partial charge is 0.369 e. The quantitative estimate of drug-likeness (QED) is 0.618. The zero-order valence-corrected chi connectivity index (χ0v) is 8.29. The molecule has 1 rings (SSSR count). The van der Waals surface area contributed by atoms with Gasteiger partial charge in [0.25, 0.3) is 5.91 Å². The maximum absolute atomic E-state index is 11.7. The van der Waals surface area contributed by atoms with Gasteiger partial charge in [0, 0.05) is 20.1 Å². The molecule has 1 saturated heterocycles. The lowest BCUT2D eigenvalue weighted by molar-refractivity contribution is -0.150. The SMILES string of the molecule is COC(C)(C)C(=O)N1CCC(=O)C1. The molecule has 0 aromatic heterocycles. The van der Waals surface area contributed by atoms with Crippen LogP contribution in [0.5, 0.6) is 0 Å². The third-order valence-corrected chi connectivity index (χ3v) is 2.34. The van der Waals surface area contributed by atoms with Crippen LogP contribution in [0.15, 0.2) is 0 Å². The van der Waals surface area contributed by atoms with Gasteiger partial charge in [0.05, 0.1) is 6.54 Å². The standard InChI is InChI=1S/C9H15NO3/c1-9(2,13-3)8(12)10-5-4-7(11)6-10/h4-6H2,1-3H3. The van der Waals surface area contributed by atoms with Gasteiger partial charge in [-0.25, -0.2) is 0 Å². The van der Waals surface area contributed by atoms with Crippen molar-refractivity contribution in [3.05, 3.63) is 0 Å². The number of likely N-dealkylation sites (tertiary alicyclic amines) is 1. The Morgan fingerprint density at radius 1 is 1.54 bits per heavy atom. The maximum atomic E-state index is 11.7. The Balaban J connectivity index is 2.63. The van der Waals surface area contributed by atoms with E-state index in [2.05, 4.69) is 0 Å². The summed E-state index contributed by atoms with van der Waals surface area (Å²) in [7, 11) is 1.50. The normalized spacial score (nSPS) is 18.1. The van der Waals surface area contributed by atoms with Crippen molar-refractivity contribution in [3.63, 3.8) is 0 Å². The molecule has 0 aromatic rings. The Morgan fingerprint density at radius 3 is 2.54 bits per heavy atom. The predicted molar refractivity (Wildman–Crippen MR) is 47.3 cm³/mol. The van der Waals surface area contributed by atoms with Crippen LogP contribution in [-0.2, 0) is 14.3 Å². The van der Waals surface area contributed by atoms with Gasteiger partial charge in [-0.2, -0.15) is 0 Å². The van der Waals surface area contributed by atoms with Crippen LogP contribution < -0.4 is 0 Å². The van der Waals surface area contributed by atoms with Crippen LogP contribution in [0, 0.1) is 0 Å². The summed E-state index contributed by atoms with van der Waals surface area (Å²) in [6.07, 6.45) is 0.478. The monoisotopic (exact) mass is 185 g/mol. The summed E-state index contributed by atoms with van der Waals surface area (Å²) >= 11 is 0. The van der Waals surface area contributed by atoms with Gasteiger partial charge >= 0.3 is 0 Å². The van der Waals surface area contributed by atoms with E-state index in [1.54, 1.807) is 18.7 Å². The summed E-state index contributed by atoms with van der Waals surface area (Å²) < 4.78 is 5.04. The Hall–Kier alpha value is -0.900. The first-order chi connectivity index (χ1) is 5.97. The van der Waals surface area contributed by atoms with Crippen LogP contribution in [0.2, 0.25) is 0 Å². The lowest BCUT2D eigenvalue weighted by atomic mass is 10.1. The highest BCUT2D eigenvalue weighted by Gasteiger charge is 2.35. The molecule has 1 amide bonds. The molecule has 74 valence electrons. The van der Waals surface area contributed by atoms with E-state index in [0.717, 1.165) is 0 Å². The number of carbonyl (C=O) groups excluding carboxylic acids is 2. The molecule has 0 aliphatic carbocycles. The van der Waals surface area contributed by atoms with Crippen LogP contribution in [0.1, 0.15) is 20.3 Å². The van der Waals surface area contributed by atoms with Crippen LogP contribution >= 0.6 is 0 Å². The van der Waals surface area contributed by atoms with Crippen molar-refractivity contribution in [3.8, 4) is 0 Å². The first-order valence-corrected chi connectivity index (χ1v) is 4.33. The van der Waals surface area contributed by atoms with E-state index in [1.165, 1.54) is 7.11 Å². The second-order valence-electron chi connectivity index (χ2n) is 3.73. The average Bonchev–Trinajstić information content (AvgIpc) is 2.50. The highest BCUT2D eigenvalue weighted by Crippen LogP contribution is 2.15. The van der Waals surface area contributed by atoms with Gasteiger partial charge in [-0.05, 0) is 13.8 Å². The highest BCUT2D eigenvalue weighted by atomic mass is 16.5. The molecule has 4 heteroatoms. The molecule has 1 heterocycles. The first kappa shape index (κ1) is 10.2. The molecule has 1 aliphatic rings. The van der Waals surface area contributed by atoms with Crippen molar-refractivity contribution in [1.29, 1.82) is 0 Å². The van der Waals surface area contributed by atoms with Crippen molar-refractivity contribution in [2.75, 3.05) is 20.2 Å². The number of ether oxygens (including phenoxy) is 1. The lowest BCUT2D eigenvalue weighted by Gasteiger charge is -2.26. The Bertz CT molecular complexity index is 235. The summed E-state index contributed by atoms with van der Waals surface area (Å²) in [5.74, 6) is 0.0149. The number of amides is 1. The van der Waals surface area contributed by atoms with Crippen molar-refractivity contribution in [2.45, 2.75) is 25.9 Å². The number of methoxy groups -OCH3 is 1. The molecular weight excluding hydrogens is 170 g/mol. The van der Waals surface area contributed by atoms with E-state index in [9.17, 15) is 9.59 Å². The molecule has 0 bridgehead atoms. The molecule has 0 saturated carbocycles. The summed E-state index contributed by atoms with van der Waals surface area (Å²) in [5.41, 5.74) is -0.815. The van der Waals surface area contributed by atoms with Crippen molar-refractivity contribution in [2.24, 2.45) is 0 Å². The van der Waals surface area contributed by atoms with Gasteiger partial charge < -0.3 is 9.64 Å². The minimum Gasteiger partial charge on any atom is -0.369 e. The highest BCUT2D eigenvalue weighted by molar-refractivity contribution is 5.92. The number of Topliss-reactive ketones (excluding diaryl/α,β-unsaturated/α-hetero) is 1. The van der Waals surface area contributed by atoms with Gasteiger partial charge in [0.15, 0.2) is 5.78 Å². The number of hydrogen-bond acceptors (Lipinski definition) is 3. The molecule has 13 heavy (non-hydrogen) atoms. The van der Waals surface area contributed by atoms with Crippen LogP contribution in [-0.4, -0.2) is 42.4 Å². The maximum Gasteiger partial charge on any atom is 0.254 e. The third kappa shape index (κ3) is 2.06. The van der Waals surface area contributed by atoms with Crippen LogP contribution in [0.3, 0.4) is 0 Å². The predicted octanol–water partition coefficient (Wildman–Crippen LogP) is 0.213. The molecule has 0 spiro atoms. The second-order valence-corrected chi connectivity index (χ2v) is 3.73. The zero-order chi connectivity index (χ0) is 10.1. The molecule has 0 radical (unpaired) electrons. The van der Waals surface area contributed by atoms with E-state index in [4.69, 9.17) is 4.74 Å². The molecule has 0 atom stereocenters. The van der Waals surface area contributed by atoms with Crippen molar-refractivity contribution < 1.29 is 14.3 Å². The smallest absolute Gasteiger partial charge is 0.254 e. The van der Waals surface area contributed by atoms with Gasteiger partial charge in [0.2, 0.25) is 0 Å². The summed E-state index contributed by atoms with van der Waals surface area (Å²) in [6.45, 7) is 4.19.